The molecule has 1 unspecified atom stereocenters. The van der Waals surface area contributed by atoms with Crippen molar-refractivity contribution in [2.45, 2.75) is 39.0 Å². The molecule has 0 aromatic rings. The minimum Gasteiger partial charge on any atom is -0.330 e. The van der Waals surface area contributed by atoms with Gasteiger partial charge in [-0.2, -0.15) is 12.6 Å². The number of carbonyl (C=O) groups is 2. The summed E-state index contributed by atoms with van der Waals surface area (Å²) in [4.78, 5) is 22.6. The average Bonchev–Trinajstić information content (AvgIpc) is 2.16. The van der Waals surface area contributed by atoms with Crippen LogP contribution >= 0.6 is 12.6 Å². The molecule has 3 nitrogen and oxygen atoms in total. The number of rotatable bonds is 9. The van der Waals surface area contributed by atoms with E-state index in [4.69, 9.17) is 5.73 Å². The van der Waals surface area contributed by atoms with Crippen molar-refractivity contribution in [1.82, 2.24) is 0 Å². The smallest absolute Gasteiger partial charge is 0.134 e. The molecule has 4 heteroatoms. The molecule has 0 aliphatic rings. The third-order valence-corrected chi connectivity index (χ3v) is 2.67. The maximum Gasteiger partial charge on any atom is 0.134 e. The molecule has 0 amide bonds. The molecule has 15 heavy (non-hydrogen) atoms. The van der Waals surface area contributed by atoms with Gasteiger partial charge in [-0.25, -0.2) is 0 Å². The molecule has 0 aromatic heterocycles. The van der Waals surface area contributed by atoms with E-state index in [1.807, 2.05) is 0 Å². The number of carbonyl (C=O) groups excluding carboxylic acids is 2. The molecule has 88 valence electrons. The van der Waals surface area contributed by atoms with Crippen molar-refractivity contribution in [3.63, 3.8) is 0 Å². The highest BCUT2D eigenvalue weighted by Gasteiger charge is 2.17. The highest BCUT2D eigenvalue weighted by molar-refractivity contribution is 7.80. The molecule has 0 rings (SSSR count). The fraction of sp³-hybridized carbons (Fsp3) is 0.818. The Bertz CT molecular complexity index is 207. The summed E-state index contributed by atoms with van der Waals surface area (Å²) in [6.07, 6.45) is 3.47. The zero-order valence-corrected chi connectivity index (χ0v) is 10.3. The first-order valence-electron chi connectivity index (χ1n) is 5.45. The molecular formula is C11H21NO2S. The van der Waals surface area contributed by atoms with E-state index >= 15 is 0 Å². The molecule has 0 radical (unpaired) electrons. The standard InChI is InChI=1S/C11H21NO2S/c1-9(13)10(4-2-3-6-12)8-11(14)5-7-15/h10,15H,2-8,12H2,1H3. The molecule has 2 N–H and O–H groups in total. The summed E-state index contributed by atoms with van der Waals surface area (Å²) in [7, 11) is 0. The lowest BCUT2D eigenvalue weighted by Gasteiger charge is -2.12. The summed E-state index contributed by atoms with van der Waals surface area (Å²) in [5.41, 5.74) is 5.38. The molecule has 0 bridgehead atoms. The summed E-state index contributed by atoms with van der Waals surface area (Å²) in [6, 6.07) is 0. The van der Waals surface area contributed by atoms with Crippen LogP contribution in [0.1, 0.15) is 39.0 Å². The van der Waals surface area contributed by atoms with Gasteiger partial charge in [0.2, 0.25) is 0 Å². The van der Waals surface area contributed by atoms with Crippen LogP contribution < -0.4 is 5.73 Å². The minimum atomic E-state index is -0.107. The zero-order valence-electron chi connectivity index (χ0n) is 9.37. The van der Waals surface area contributed by atoms with Gasteiger partial charge in [-0.3, -0.25) is 9.59 Å². The Hall–Kier alpha value is -0.350. The number of nitrogens with two attached hydrogens (primary N) is 1. The van der Waals surface area contributed by atoms with Crippen LogP contribution in [0.25, 0.3) is 0 Å². The molecule has 0 heterocycles. The largest absolute Gasteiger partial charge is 0.330 e. The molecule has 0 saturated carbocycles. The lowest BCUT2D eigenvalue weighted by molar-refractivity contribution is -0.126. The first-order chi connectivity index (χ1) is 7.11. The Morgan fingerprint density at radius 1 is 1.33 bits per heavy atom. The fourth-order valence-electron chi connectivity index (χ4n) is 1.49. The van der Waals surface area contributed by atoms with Crippen LogP contribution in [0.15, 0.2) is 0 Å². The lowest BCUT2D eigenvalue weighted by Crippen LogP contribution is -2.16. The van der Waals surface area contributed by atoms with Gasteiger partial charge in [0, 0.05) is 18.8 Å². The van der Waals surface area contributed by atoms with Gasteiger partial charge < -0.3 is 5.73 Å². The lowest BCUT2D eigenvalue weighted by atomic mass is 9.92. The summed E-state index contributed by atoms with van der Waals surface area (Å²) >= 11 is 4.00. The quantitative estimate of drug-likeness (QED) is 0.468. The predicted octanol–water partition coefficient (Wildman–Crippen LogP) is 1.60. The summed E-state index contributed by atoms with van der Waals surface area (Å²) in [6.45, 7) is 2.20. The SMILES string of the molecule is CC(=O)C(CCCCN)CC(=O)CCS. The van der Waals surface area contributed by atoms with Crippen molar-refractivity contribution in [1.29, 1.82) is 0 Å². The number of hydrogen-bond donors (Lipinski definition) is 2. The van der Waals surface area contributed by atoms with Crippen molar-refractivity contribution in [3.8, 4) is 0 Å². The monoisotopic (exact) mass is 231 g/mol. The van der Waals surface area contributed by atoms with E-state index in [1.54, 1.807) is 6.92 Å². The Balaban J connectivity index is 3.93. The highest BCUT2D eigenvalue weighted by Crippen LogP contribution is 2.15. The normalized spacial score (nSPS) is 12.5. The zero-order chi connectivity index (χ0) is 11.7. The van der Waals surface area contributed by atoms with Crippen molar-refractivity contribution in [2.75, 3.05) is 12.3 Å². The maximum absolute atomic E-state index is 11.4. The van der Waals surface area contributed by atoms with Gasteiger partial charge in [-0.15, -0.1) is 0 Å². The van der Waals surface area contributed by atoms with Crippen LogP contribution in [0, 0.1) is 5.92 Å². The Labute approximate surface area is 97.2 Å². The molecule has 1 atom stereocenters. The van der Waals surface area contributed by atoms with Crippen LogP contribution in [-0.4, -0.2) is 23.9 Å². The number of thiol groups is 1. The molecule has 0 aromatic carbocycles. The van der Waals surface area contributed by atoms with Gasteiger partial charge in [0.1, 0.15) is 11.6 Å². The van der Waals surface area contributed by atoms with E-state index in [9.17, 15) is 9.59 Å². The molecule has 0 spiro atoms. The van der Waals surface area contributed by atoms with E-state index < -0.39 is 0 Å². The number of unbranched alkanes of at least 4 members (excludes halogenated alkanes) is 1. The third kappa shape index (κ3) is 7.56. The molecular weight excluding hydrogens is 210 g/mol. The number of ketones is 2. The fourth-order valence-corrected chi connectivity index (χ4v) is 1.74. The average molecular weight is 231 g/mol. The van der Waals surface area contributed by atoms with E-state index in [2.05, 4.69) is 12.6 Å². The van der Waals surface area contributed by atoms with Gasteiger partial charge >= 0.3 is 0 Å². The van der Waals surface area contributed by atoms with Crippen molar-refractivity contribution in [3.05, 3.63) is 0 Å². The summed E-state index contributed by atoms with van der Waals surface area (Å²) in [5, 5.41) is 0. The van der Waals surface area contributed by atoms with Crippen LogP contribution in [0.5, 0.6) is 0 Å². The first kappa shape index (κ1) is 14.6. The predicted molar refractivity (Wildman–Crippen MR) is 65.2 cm³/mol. The topological polar surface area (TPSA) is 60.2 Å². The third-order valence-electron chi connectivity index (χ3n) is 2.45. The van der Waals surface area contributed by atoms with Gasteiger partial charge in [-0.05, 0) is 32.1 Å². The Kier molecular flexibility index (Phi) is 8.71. The number of hydrogen-bond acceptors (Lipinski definition) is 4. The van der Waals surface area contributed by atoms with Crippen molar-refractivity contribution >= 4 is 24.2 Å². The molecule has 0 saturated heterocycles. The second kappa shape index (κ2) is 8.92. The second-order valence-corrected chi connectivity index (χ2v) is 4.26. The van der Waals surface area contributed by atoms with E-state index in [-0.39, 0.29) is 17.5 Å². The Morgan fingerprint density at radius 3 is 2.47 bits per heavy atom. The minimum absolute atomic E-state index is 0.107. The van der Waals surface area contributed by atoms with Crippen LogP contribution in [-0.2, 0) is 9.59 Å². The highest BCUT2D eigenvalue weighted by atomic mass is 32.1. The molecule has 0 aliphatic heterocycles. The van der Waals surface area contributed by atoms with Gasteiger partial charge in [0.25, 0.3) is 0 Å². The summed E-state index contributed by atoms with van der Waals surface area (Å²) < 4.78 is 0. The van der Waals surface area contributed by atoms with Gasteiger partial charge in [0.15, 0.2) is 0 Å². The maximum atomic E-state index is 11.4. The van der Waals surface area contributed by atoms with Crippen molar-refractivity contribution in [2.24, 2.45) is 11.7 Å². The van der Waals surface area contributed by atoms with Crippen LogP contribution in [0.3, 0.4) is 0 Å². The van der Waals surface area contributed by atoms with Crippen molar-refractivity contribution < 1.29 is 9.59 Å². The van der Waals surface area contributed by atoms with Crippen LogP contribution in [0.4, 0.5) is 0 Å². The van der Waals surface area contributed by atoms with Gasteiger partial charge in [0.05, 0.1) is 0 Å². The van der Waals surface area contributed by atoms with Crippen LogP contribution in [0.2, 0.25) is 0 Å². The second-order valence-electron chi connectivity index (χ2n) is 3.81. The van der Waals surface area contributed by atoms with Gasteiger partial charge in [-0.1, -0.05) is 6.42 Å². The molecule has 0 aliphatic carbocycles. The Morgan fingerprint density at radius 2 is 2.00 bits per heavy atom. The summed E-state index contributed by atoms with van der Waals surface area (Å²) in [5.74, 6) is 0.702. The number of Topliss-reactive ketones (excluding diaryl/α,β-unsaturated/α-hetero) is 2. The van der Waals surface area contributed by atoms with E-state index in [0.717, 1.165) is 19.3 Å². The first-order valence-corrected chi connectivity index (χ1v) is 6.08. The van der Waals surface area contributed by atoms with E-state index in [1.165, 1.54) is 0 Å². The molecule has 0 fully saturated rings. The van der Waals surface area contributed by atoms with E-state index in [0.29, 0.717) is 25.1 Å².